The molecule has 0 saturated heterocycles. The van der Waals surface area contributed by atoms with Crippen molar-refractivity contribution in [1.29, 1.82) is 0 Å². The van der Waals surface area contributed by atoms with Crippen LogP contribution in [0.2, 0.25) is 0 Å². The van der Waals surface area contributed by atoms with Gasteiger partial charge in [-0.3, -0.25) is 16.0 Å². The van der Waals surface area contributed by atoms with Crippen LogP contribution in [0.4, 0.5) is 11.4 Å². The zero-order chi connectivity index (χ0) is 13.7. The number of rotatable bonds is 5. The lowest BCUT2D eigenvalue weighted by atomic mass is 10.2. The van der Waals surface area contributed by atoms with E-state index in [2.05, 4.69) is 15.4 Å². The summed E-state index contributed by atoms with van der Waals surface area (Å²) in [5.74, 6) is 5.89. The van der Waals surface area contributed by atoms with E-state index in [-0.39, 0.29) is 11.4 Å². The van der Waals surface area contributed by atoms with Gasteiger partial charge in [0.15, 0.2) is 5.16 Å². The quantitative estimate of drug-likeness (QED) is 0.283. The van der Waals surface area contributed by atoms with Crippen LogP contribution in [-0.2, 0) is 5.75 Å². The Morgan fingerprint density at radius 2 is 2.11 bits per heavy atom. The van der Waals surface area contributed by atoms with Gasteiger partial charge in [0.05, 0.1) is 4.92 Å². The number of aromatic nitrogens is 2. The molecule has 0 amide bonds. The van der Waals surface area contributed by atoms with E-state index in [0.29, 0.717) is 10.9 Å². The predicted molar refractivity (Wildman–Crippen MR) is 72.5 cm³/mol. The Bertz CT molecular complexity index is 579. The van der Waals surface area contributed by atoms with Crippen LogP contribution in [0.25, 0.3) is 0 Å². The first-order valence-corrected chi connectivity index (χ1v) is 6.33. The van der Waals surface area contributed by atoms with Crippen molar-refractivity contribution in [1.82, 2.24) is 9.97 Å². The number of hydrogen-bond donors (Lipinski definition) is 2. The molecule has 2 rings (SSSR count). The Labute approximate surface area is 113 Å². The molecule has 0 spiro atoms. The summed E-state index contributed by atoms with van der Waals surface area (Å²) in [6.45, 7) is 0. The second-order valence-corrected chi connectivity index (χ2v) is 4.52. The number of nitrogen functional groups attached to an aromatic ring is 1. The molecule has 7 nitrogen and oxygen atoms in total. The number of nitrogens with zero attached hydrogens (tertiary/aromatic N) is 3. The van der Waals surface area contributed by atoms with E-state index >= 15 is 0 Å². The fraction of sp³-hybridized carbons (Fsp3) is 0.0909. The molecular weight excluding hydrogens is 266 g/mol. The van der Waals surface area contributed by atoms with E-state index < -0.39 is 4.92 Å². The van der Waals surface area contributed by atoms with Crippen molar-refractivity contribution in [3.8, 4) is 0 Å². The molecule has 0 aliphatic rings. The van der Waals surface area contributed by atoms with Crippen molar-refractivity contribution in [3.63, 3.8) is 0 Å². The van der Waals surface area contributed by atoms with Crippen molar-refractivity contribution in [2.45, 2.75) is 10.9 Å². The molecule has 0 bridgehead atoms. The second kappa shape index (κ2) is 6.12. The van der Waals surface area contributed by atoms with Gasteiger partial charge in [-0.1, -0.05) is 17.8 Å². The van der Waals surface area contributed by atoms with Gasteiger partial charge in [0.1, 0.15) is 5.69 Å². The van der Waals surface area contributed by atoms with Crippen LogP contribution in [-0.4, -0.2) is 14.9 Å². The summed E-state index contributed by atoms with van der Waals surface area (Å²) in [7, 11) is 0. The topological polar surface area (TPSA) is 107 Å². The summed E-state index contributed by atoms with van der Waals surface area (Å²) in [6, 6.07) is 6.51. The SMILES string of the molecule is NNc1cc(CSc2ncccn2)ccc1[N+](=O)[O-]. The molecule has 0 aliphatic carbocycles. The minimum Gasteiger partial charge on any atom is -0.318 e. The molecule has 0 atom stereocenters. The van der Waals surface area contributed by atoms with E-state index in [1.54, 1.807) is 30.6 Å². The Balaban J connectivity index is 2.11. The number of nitrogens with two attached hydrogens (primary N) is 1. The number of nitro benzene ring substituents is 1. The molecule has 0 saturated carbocycles. The molecule has 0 fully saturated rings. The Hall–Kier alpha value is -2.19. The summed E-state index contributed by atoms with van der Waals surface area (Å²) in [6.07, 6.45) is 3.33. The van der Waals surface area contributed by atoms with E-state index in [1.807, 2.05) is 0 Å². The molecule has 19 heavy (non-hydrogen) atoms. The second-order valence-electron chi connectivity index (χ2n) is 3.57. The van der Waals surface area contributed by atoms with Crippen molar-refractivity contribution in [2.24, 2.45) is 5.84 Å². The summed E-state index contributed by atoms with van der Waals surface area (Å²) in [4.78, 5) is 18.4. The Morgan fingerprint density at radius 3 is 2.74 bits per heavy atom. The largest absolute Gasteiger partial charge is 0.318 e. The van der Waals surface area contributed by atoms with E-state index in [0.717, 1.165) is 5.56 Å². The number of nitro groups is 1. The first-order valence-electron chi connectivity index (χ1n) is 5.34. The average molecular weight is 277 g/mol. The van der Waals surface area contributed by atoms with Crippen molar-refractivity contribution in [3.05, 3.63) is 52.3 Å². The fourth-order valence-corrected chi connectivity index (χ4v) is 2.20. The van der Waals surface area contributed by atoms with E-state index in [1.165, 1.54) is 17.8 Å². The van der Waals surface area contributed by atoms with Gasteiger partial charge >= 0.3 is 0 Å². The highest BCUT2D eigenvalue weighted by molar-refractivity contribution is 7.98. The van der Waals surface area contributed by atoms with Crippen molar-refractivity contribution < 1.29 is 4.92 Å². The van der Waals surface area contributed by atoms with Crippen molar-refractivity contribution in [2.75, 3.05) is 5.43 Å². The van der Waals surface area contributed by atoms with Gasteiger partial charge in [-0.05, 0) is 17.7 Å². The maximum Gasteiger partial charge on any atom is 0.293 e. The molecule has 0 aliphatic heterocycles. The first kappa shape index (κ1) is 13.2. The van der Waals surface area contributed by atoms with Crippen LogP contribution >= 0.6 is 11.8 Å². The van der Waals surface area contributed by atoms with Crippen LogP contribution in [0.5, 0.6) is 0 Å². The average Bonchev–Trinajstić information content (AvgIpc) is 2.45. The molecule has 1 aromatic heterocycles. The van der Waals surface area contributed by atoms with Gasteiger partial charge in [0.2, 0.25) is 0 Å². The van der Waals surface area contributed by atoms with Crippen LogP contribution in [0.1, 0.15) is 5.56 Å². The van der Waals surface area contributed by atoms with Gasteiger partial charge in [0.25, 0.3) is 5.69 Å². The van der Waals surface area contributed by atoms with Crippen molar-refractivity contribution >= 4 is 23.1 Å². The summed E-state index contributed by atoms with van der Waals surface area (Å²) < 4.78 is 0. The number of thioether (sulfide) groups is 1. The number of benzene rings is 1. The molecule has 0 radical (unpaired) electrons. The van der Waals surface area contributed by atoms with Crippen LogP contribution in [0.15, 0.2) is 41.8 Å². The lowest BCUT2D eigenvalue weighted by Gasteiger charge is -2.05. The minimum absolute atomic E-state index is 0.0489. The zero-order valence-corrected chi connectivity index (χ0v) is 10.6. The van der Waals surface area contributed by atoms with E-state index in [4.69, 9.17) is 5.84 Å². The van der Waals surface area contributed by atoms with Crippen LogP contribution in [0, 0.1) is 10.1 Å². The van der Waals surface area contributed by atoms with Gasteiger partial charge < -0.3 is 5.43 Å². The third kappa shape index (κ3) is 3.39. The van der Waals surface area contributed by atoms with E-state index in [9.17, 15) is 10.1 Å². The van der Waals surface area contributed by atoms with Crippen LogP contribution in [0.3, 0.4) is 0 Å². The van der Waals surface area contributed by atoms with Crippen LogP contribution < -0.4 is 11.3 Å². The number of anilines is 1. The molecule has 8 heteroatoms. The molecule has 0 unspecified atom stereocenters. The Morgan fingerprint density at radius 1 is 1.37 bits per heavy atom. The third-order valence-corrected chi connectivity index (χ3v) is 3.27. The molecular formula is C11H11N5O2S. The molecule has 1 aromatic carbocycles. The highest BCUT2D eigenvalue weighted by Crippen LogP contribution is 2.27. The maximum atomic E-state index is 10.8. The molecule has 3 N–H and O–H groups in total. The molecule has 98 valence electrons. The van der Waals surface area contributed by atoms with Gasteiger partial charge in [-0.25, -0.2) is 9.97 Å². The normalized spacial score (nSPS) is 10.2. The smallest absolute Gasteiger partial charge is 0.293 e. The molecule has 2 aromatic rings. The monoisotopic (exact) mass is 277 g/mol. The van der Waals surface area contributed by atoms with Gasteiger partial charge in [-0.15, -0.1) is 0 Å². The fourth-order valence-electron chi connectivity index (χ4n) is 1.46. The first-order chi connectivity index (χ1) is 9.20. The number of nitrogens with one attached hydrogen (secondary N) is 1. The maximum absolute atomic E-state index is 10.8. The summed E-state index contributed by atoms with van der Waals surface area (Å²) >= 11 is 1.45. The van der Waals surface area contributed by atoms with Gasteiger partial charge in [-0.2, -0.15) is 0 Å². The number of hydrazine groups is 1. The highest BCUT2D eigenvalue weighted by atomic mass is 32.2. The minimum atomic E-state index is -0.480. The summed E-state index contributed by atoms with van der Waals surface area (Å²) in [5, 5.41) is 11.4. The van der Waals surface area contributed by atoms with Gasteiger partial charge in [0, 0.05) is 24.2 Å². The molecule has 1 heterocycles. The summed E-state index contributed by atoms with van der Waals surface area (Å²) in [5.41, 5.74) is 3.47. The third-order valence-electron chi connectivity index (χ3n) is 2.32. The zero-order valence-electron chi connectivity index (χ0n) is 9.81. The number of hydrogen-bond acceptors (Lipinski definition) is 7. The lowest BCUT2D eigenvalue weighted by Crippen LogP contribution is -2.09. The predicted octanol–water partition coefficient (Wildman–Crippen LogP) is 1.96. The standard InChI is InChI=1S/C11H11N5O2S/c12-15-9-6-8(2-3-10(9)16(17)18)7-19-11-13-4-1-5-14-11/h1-6,15H,7,12H2. The highest BCUT2D eigenvalue weighted by Gasteiger charge is 2.13. The Kier molecular flexibility index (Phi) is 4.26. The lowest BCUT2D eigenvalue weighted by molar-refractivity contribution is -0.384.